The molecule has 3 heteroatoms. The predicted octanol–water partition coefficient (Wildman–Crippen LogP) is 2.24. The molecule has 2 aliphatic rings. The number of hydrogen-bond donors (Lipinski definition) is 1. The van der Waals surface area contributed by atoms with E-state index >= 15 is 0 Å². The molecule has 0 aromatic rings. The first kappa shape index (κ1) is 10.4. The molecule has 0 radical (unpaired) electrons. The Hall–Kier alpha value is -0.123. The zero-order valence-corrected chi connectivity index (χ0v) is 10.1. The quantitative estimate of drug-likeness (QED) is 0.675. The van der Waals surface area contributed by atoms with Gasteiger partial charge < -0.3 is 9.53 Å². The van der Waals surface area contributed by atoms with Crippen LogP contribution in [0, 0.1) is 5.92 Å². The van der Waals surface area contributed by atoms with Gasteiger partial charge in [0, 0.05) is 5.92 Å². The molecule has 0 aromatic carbocycles. The van der Waals surface area contributed by atoms with Gasteiger partial charge in [0.15, 0.2) is 0 Å². The minimum atomic E-state index is -1.62. The van der Waals surface area contributed by atoms with Crippen LogP contribution in [-0.4, -0.2) is 26.1 Å². The molecule has 0 unspecified atom stereocenters. The third kappa shape index (κ3) is 1.69. The third-order valence-electron chi connectivity index (χ3n) is 3.55. The van der Waals surface area contributed by atoms with Crippen LogP contribution < -0.4 is 0 Å². The second-order valence-electron chi connectivity index (χ2n) is 4.90. The Balaban J connectivity index is 2.23. The molecule has 2 atom stereocenters. The summed E-state index contributed by atoms with van der Waals surface area (Å²) in [6.07, 6.45) is 7.64. The van der Waals surface area contributed by atoms with Gasteiger partial charge in [-0.2, -0.15) is 0 Å². The van der Waals surface area contributed by atoms with Crippen LogP contribution in [-0.2, 0) is 4.43 Å². The van der Waals surface area contributed by atoms with Gasteiger partial charge >= 0.3 is 0 Å². The zero-order valence-electron chi connectivity index (χ0n) is 9.12. The van der Waals surface area contributed by atoms with Gasteiger partial charge in [0.05, 0.1) is 12.7 Å². The molecular weight excluding hydrogens is 192 g/mol. The maximum Gasteiger partial charge on any atom is 0.214 e. The van der Waals surface area contributed by atoms with Gasteiger partial charge in [-0.25, -0.2) is 0 Å². The van der Waals surface area contributed by atoms with Crippen molar-refractivity contribution in [2.75, 3.05) is 6.61 Å². The SMILES string of the molecule is C[Si]1(C)O[C@H]2CCCC[C@@H]2/C1=C\CO. The Labute approximate surface area is 87.1 Å². The molecule has 1 aliphatic carbocycles. The van der Waals surface area contributed by atoms with Crippen LogP contribution in [0.5, 0.6) is 0 Å². The standard InChI is InChI=1S/C11H20O2Si/c1-14(2)11(7-8-12)9-5-3-4-6-10(9)13-14/h7,9-10,12H,3-6,8H2,1-2H3/b11-7+/t9-,10-/m0/s1. The molecule has 1 aliphatic heterocycles. The van der Waals surface area contributed by atoms with Crippen molar-refractivity contribution in [2.24, 2.45) is 5.92 Å². The maximum atomic E-state index is 9.04. The second-order valence-corrected chi connectivity index (χ2v) is 8.73. The fraction of sp³-hybridized carbons (Fsp3) is 0.818. The van der Waals surface area contributed by atoms with E-state index in [1.54, 1.807) is 0 Å². The molecule has 2 rings (SSSR count). The lowest BCUT2D eigenvalue weighted by molar-refractivity contribution is 0.139. The number of fused-ring (bicyclic) bond motifs is 1. The van der Waals surface area contributed by atoms with Crippen molar-refractivity contribution in [1.29, 1.82) is 0 Å². The highest BCUT2D eigenvalue weighted by atomic mass is 28.4. The fourth-order valence-electron chi connectivity index (χ4n) is 2.98. The molecule has 80 valence electrons. The predicted molar refractivity (Wildman–Crippen MR) is 59.5 cm³/mol. The summed E-state index contributed by atoms with van der Waals surface area (Å²) in [4.78, 5) is 0. The summed E-state index contributed by atoms with van der Waals surface area (Å²) in [5.41, 5.74) is 0. The maximum absolute atomic E-state index is 9.04. The van der Waals surface area contributed by atoms with E-state index in [-0.39, 0.29) is 6.61 Å². The molecule has 14 heavy (non-hydrogen) atoms. The van der Waals surface area contributed by atoms with E-state index < -0.39 is 8.32 Å². The third-order valence-corrected chi connectivity index (χ3v) is 6.41. The minimum Gasteiger partial charge on any atom is -0.410 e. The van der Waals surface area contributed by atoms with Gasteiger partial charge in [-0.05, 0) is 25.9 Å². The van der Waals surface area contributed by atoms with Crippen molar-refractivity contribution in [2.45, 2.75) is 44.9 Å². The highest BCUT2D eigenvalue weighted by Gasteiger charge is 2.46. The summed E-state index contributed by atoms with van der Waals surface area (Å²) < 4.78 is 6.18. The van der Waals surface area contributed by atoms with Gasteiger partial charge in [-0.15, -0.1) is 0 Å². The molecule has 1 saturated heterocycles. The first-order valence-electron chi connectivity index (χ1n) is 5.64. The second kappa shape index (κ2) is 3.80. The minimum absolute atomic E-state index is 0.179. The van der Waals surface area contributed by atoms with Crippen molar-refractivity contribution < 1.29 is 9.53 Å². The molecule has 0 spiro atoms. The number of aliphatic hydroxyl groups is 1. The molecule has 1 N–H and O–H groups in total. The average molecular weight is 212 g/mol. The summed E-state index contributed by atoms with van der Waals surface area (Å²) in [6, 6.07) is 0. The molecule has 2 nitrogen and oxygen atoms in total. The van der Waals surface area contributed by atoms with E-state index in [1.165, 1.54) is 30.9 Å². The van der Waals surface area contributed by atoms with Gasteiger partial charge in [0.25, 0.3) is 0 Å². The van der Waals surface area contributed by atoms with E-state index in [1.807, 2.05) is 6.08 Å². The average Bonchev–Trinajstić information content (AvgIpc) is 2.39. The Kier molecular flexibility index (Phi) is 2.82. The summed E-state index contributed by atoms with van der Waals surface area (Å²) in [6.45, 7) is 4.69. The molecule has 1 heterocycles. The number of aliphatic hydroxyl groups excluding tert-OH is 1. The van der Waals surface area contributed by atoms with Crippen LogP contribution in [0.4, 0.5) is 0 Å². The zero-order chi connectivity index (χ0) is 10.2. The van der Waals surface area contributed by atoms with E-state index in [9.17, 15) is 0 Å². The van der Waals surface area contributed by atoms with Crippen LogP contribution in [0.2, 0.25) is 13.1 Å². The normalized spacial score (nSPS) is 38.6. The first-order valence-corrected chi connectivity index (χ1v) is 8.55. The number of rotatable bonds is 1. The monoisotopic (exact) mass is 212 g/mol. The topological polar surface area (TPSA) is 29.5 Å². The van der Waals surface area contributed by atoms with Crippen LogP contribution in [0.3, 0.4) is 0 Å². The van der Waals surface area contributed by atoms with E-state index in [0.29, 0.717) is 12.0 Å². The largest absolute Gasteiger partial charge is 0.410 e. The smallest absolute Gasteiger partial charge is 0.214 e. The summed E-state index contributed by atoms with van der Waals surface area (Å²) in [5.74, 6) is 0.637. The molecule has 0 bridgehead atoms. The van der Waals surface area contributed by atoms with Crippen LogP contribution in [0.1, 0.15) is 25.7 Å². The number of hydrogen-bond acceptors (Lipinski definition) is 2. The summed E-state index contributed by atoms with van der Waals surface area (Å²) in [5, 5.41) is 10.5. The lowest BCUT2D eigenvalue weighted by Gasteiger charge is -2.24. The first-order chi connectivity index (χ1) is 6.65. The van der Waals surface area contributed by atoms with Crippen LogP contribution >= 0.6 is 0 Å². The van der Waals surface area contributed by atoms with Gasteiger partial charge in [0.1, 0.15) is 0 Å². The van der Waals surface area contributed by atoms with Gasteiger partial charge in [0.2, 0.25) is 8.32 Å². The molecule has 0 aromatic heterocycles. The fourth-order valence-corrected chi connectivity index (χ4v) is 5.96. The molecule has 1 saturated carbocycles. The van der Waals surface area contributed by atoms with Crippen LogP contribution in [0.15, 0.2) is 11.3 Å². The van der Waals surface area contributed by atoms with Crippen molar-refractivity contribution in [1.82, 2.24) is 0 Å². The van der Waals surface area contributed by atoms with Crippen LogP contribution in [0.25, 0.3) is 0 Å². The molecule has 2 fully saturated rings. The Morgan fingerprint density at radius 2 is 2.14 bits per heavy atom. The van der Waals surface area contributed by atoms with Crippen molar-refractivity contribution in [3.8, 4) is 0 Å². The van der Waals surface area contributed by atoms with Crippen molar-refractivity contribution in [3.05, 3.63) is 11.3 Å². The summed E-state index contributed by atoms with van der Waals surface area (Å²) >= 11 is 0. The Morgan fingerprint density at radius 3 is 2.86 bits per heavy atom. The Morgan fingerprint density at radius 1 is 1.43 bits per heavy atom. The molecule has 0 amide bonds. The van der Waals surface area contributed by atoms with E-state index in [4.69, 9.17) is 9.53 Å². The Bertz CT molecular complexity index is 248. The van der Waals surface area contributed by atoms with E-state index in [2.05, 4.69) is 13.1 Å². The van der Waals surface area contributed by atoms with Gasteiger partial charge in [-0.3, -0.25) is 0 Å². The lowest BCUT2D eigenvalue weighted by Crippen LogP contribution is -2.28. The van der Waals surface area contributed by atoms with Gasteiger partial charge in [-0.1, -0.05) is 24.1 Å². The molecular formula is C11H20O2Si. The van der Waals surface area contributed by atoms with Crippen molar-refractivity contribution in [3.63, 3.8) is 0 Å². The highest BCUT2D eigenvalue weighted by molar-refractivity contribution is 6.79. The van der Waals surface area contributed by atoms with Crippen molar-refractivity contribution >= 4 is 8.32 Å². The van der Waals surface area contributed by atoms with E-state index in [0.717, 1.165) is 0 Å². The highest BCUT2D eigenvalue weighted by Crippen LogP contribution is 2.44. The summed E-state index contributed by atoms with van der Waals surface area (Å²) in [7, 11) is -1.62. The lowest BCUT2D eigenvalue weighted by atomic mass is 9.86.